The number of nitrogens with zero attached hydrogens (tertiary/aromatic N) is 1. The average Bonchev–Trinajstić information content (AvgIpc) is 2.80. The van der Waals surface area contributed by atoms with Crippen LogP contribution in [0.2, 0.25) is 5.02 Å². The number of benzene rings is 2. The number of carbonyl (C=O) groups is 1. The van der Waals surface area contributed by atoms with Gasteiger partial charge in [0.05, 0.1) is 16.7 Å². The molecule has 0 saturated heterocycles. The molecule has 0 radical (unpaired) electrons. The van der Waals surface area contributed by atoms with Crippen molar-refractivity contribution in [3.05, 3.63) is 58.6 Å². The largest absolute Gasteiger partial charge is 0.378 e. The van der Waals surface area contributed by atoms with Crippen molar-refractivity contribution < 1.29 is 17.9 Å². The van der Waals surface area contributed by atoms with Gasteiger partial charge in [0, 0.05) is 18.2 Å². The van der Waals surface area contributed by atoms with E-state index in [0.717, 1.165) is 22.7 Å². The van der Waals surface area contributed by atoms with Crippen LogP contribution in [0.3, 0.4) is 0 Å². The molecule has 0 aromatic heterocycles. The summed E-state index contributed by atoms with van der Waals surface area (Å²) in [5.41, 5.74) is 1.94. The molecule has 0 heterocycles. The lowest BCUT2D eigenvalue weighted by molar-refractivity contribution is -0.119. The van der Waals surface area contributed by atoms with Crippen LogP contribution in [-0.4, -0.2) is 40.1 Å². The fraction of sp³-hybridized carbons (Fsp3) is 0.480. The van der Waals surface area contributed by atoms with E-state index in [-0.39, 0.29) is 17.3 Å². The number of amides is 1. The molecule has 2 aromatic rings. The lowest BCUT2D eigenvalue weighted by Crippen LogP contribution is -2.41. The molecule has 8 heteroatoms. The zero-order chi connectivity index (χ0) is 23.8. The average molecular weight is 493 g/mol. The highest BCUT2D eigenvalue weighted by atomic mass is 35.5. The zero-order valence-electron chi connectivity index (χ0n) is 19.3. The Balaban J connectivity index is 1.67. The fourth-order valence-corrected chi connectivity index (χ4v) is 5.62. The summed E-state index contributed by atoms with van der Waals surface area (Å²) in [6, 6.07) is 11.6. The van der Waals surface area contributed by atoms with Gasteiger partial charge < -0.3 is 10.1 Å². The molecule has 180 valence electrons. The van der Waals surface area contributed by atoms with Gasteiger partial charge in [-0.1, -0.05) is 54.6 Å². The standard InChI is InChI=1S/C25H33ClN2O4S/c1-19-12-14-22(15-13-19)33(30,31)28(24-11-6-10-23(26)20(24)2)18-25(29)27-16-7-17-32-21-8-4-3-5-9-21/h6,10-15,21H,3-5,7-9,16-18H2,1-2H3,(H,27,29). The van der Waals surface area contributed by atoms with Crippen LogP contribution in [0.1, 0.15) is 49.7 Å². The summed E-state index contributed by atoms with van der Waals surface area (Å²) in [6.45, 7) is 4.32. The SMILES string of the molecule is Cc1ccc(S(=O)(=O)N(CC(=O)NCCCOC2CCCCC2)c2cccc(Cl)c2C)cc1. The van der Waals surface area contributed by atoms with Crippen molar-refractivity contribution in [2.45, 2.75) is 63.4 Å². The maximum atomic E-state index is 13.5. The smallest absolute Gasteiger partial charge is 0.264 e. The van der Waals surface area contributed by atoms with E-state index in [1.54, 1.807) is 49.4 Å². The van der Waals surface area contributed by atoms with E-state index in [0.29, 0.717) is 41.9 Å². The van der Waals surface area contributed by atoms with Crippen LogP contribution in [0.4, 0.5) is 5.69 Å². The predicted octanol–water partition coefficient (Wildman–Crippen LogP) is 5.01. The number of hydrogen-bond donors (Lipinski definition) is 1. The number of anilines is 1. The first-order valence-corrected chi connectivity index (χ1v) is 13.3. The molecule has 1 saturated carbocycles. The van der Waals surface area contributed by atoms with Crippen molar-refractivity contribution in [2.75, 3.05) is 24.0 Å². The third-order valence-corrected chi connectivity index (χ3v) is 8.14. The van der Waals surface area contributed by atoms with Crippen LogP contribution < -0.4 is 9.62 Å². The van der Waals surface area contributed by atoms with Gasteiger partial charge in [-0.25, -0.2) is 8.42 Å². The molecule has 6 nitrogen and oxygen atoms in total. The van der Waals surface area contributed by atoms with Gasteiger partial charge in [-0.15, -0.1) is 0 Å². The van der Waals surface area contributed by atoms with Crippen LogP contribution >= 0.6 is 11.6 Å². The molecule has 33 heavy (non-hydrogen) atoms. The number of aryl methyl sites for hydroxylation is 1. The fourth-order valence-electron chi connectivity index (χ4n) is 3.97. The molecular formula is C25H33ClN2O4S. The molecule has 1 aliphatic carbocycles. The lowest BCUT2D eigenvalue weighted by atomic mass is 9.98. The van der Waals surface area contributed by atoms with Crippen molar-refractivity contribution >= 4 is 33.2 Å². The highest BCUT2D eigenvalue weighted by Crippen LogP contribution is 2.30. The Morgan fingerprint density at radius 2 is 1.79 bits per heavy atom. The lowest BCUT2D eigenvalue weighted by Gasteiger charge is -2.26. The summed E-state index contributed by atoms with van der Waals surface area (Å²) in [7, 11) is -3.97. The maximum Gasteiger partial charge on any atom is 0.264 e. The van der Waals surface area contributed by atoms with Gasteiger partial charge >= 0.3 is 0 Å². The van der Waals surface area contributed by atoms with E-state index < -0.39 is 10.0 Å². The predicted molar refractivity (Wildman–Crippen MR) is 132 cm³/mol. The molecule has 1 aliphatic rings. The monoisotopic (exact) mass is 492 g/mol. The van der Waals surface area contributed by atoms with Crippen molar-refractivity contribution in [2.24, 2.45) is 0 Å². The third kappa shape index (κ3) is 6.95. The van der Waals surface area contributed by atoms with Crippen LogP contribution in [0, 0.1) is 13.8 Å². The van der Waals surface area contributed by atoms with Crippen LogP contribution in [-0.2, 0) is 19.6 Å². The van der Waals surface area contributed by atoms with E-state index >= 15 is 0 Å². The molecule has 0 unspecified atom stereocenters. The molecular weight excluding hydrogens is 460 g/mol. The van der Waals surface area contributed by atoms with Gasteiger partial charge in [-0.2, -0.15) is 0 Å². The minimum atomic E-state index is -3.97. The van der Waals surface area contributed by atoms with E-state index in [9.17, 15) is 13.2 Å². The van der Waals surface area contributed by atoms with E-state index in [2.05, 4.69) is 5.32 Å². The van der Waals surface area contributed by atoms with Crippen molar-refractivity contribution in [3.8, 4) is 0 Å². The van der Waals surface area contributed by atoms with Gasteiger partial charge in [-0.3, -0.25) is 9.10 Å². The zero-order valence-corrected chi connectivity index (χ0v) is 20.9. The quantitative estimate of drug-likeness (QED) is 0.473. The van der Waals surface area contributed by atoms with E-state index in [1.807, 2.05) is 6.92 Å². The Bertz CT molecular complexity index is 1030. The van der Waals surface area contributed by atoms with Gasteiger partial charge in [0.15, 0.2) is 0 Å². The topological polar surface area (TPSA) is 75.7 Å². The number of sulfonamides is 1. The molecule has 1 amide bonds. The third-order valence-electron chi connectivity index (χ3n) is 5.95. The minimum Gasteiger partial charge on any atom is -0.378 e. The first-order chi connectivity index (χ1) is 15.8. The first-order valence-electron chi connectivity index (χ1n) is 11.5. The van der Waals surface area contributed by atoms with Gasteiger partial charge in [0.1, 0.15) is 6.54 Å². The van der Waals surface area contributed by atoms with Gasteiger partial charge in [0.2, 0.25) is 5.91 Å². The number of halogens is 1. The van der Waals surface area contributed by atoms with Gasteiger partial charge in [0.25, 0.3) is 10.0 Å². The summed E-state index contributed by atoms with van der Waals surface area (Å²) in [5.74, 6) is -0.372. The van der Waals surface area contributed by atoms with Crippen LogP contribution in [0.15, 0.2) is 47.4 Å². The summed E-state index contributed by atoms with van der Waals surface area (Å²) < 4.78 is 34.0. The second-order valence-corrected chi connectivity index (χ2v) is 10.8. The highest BCUT2D eigenvalue weighted by Gasteiger charge is 2.28. The number of carbonyl (C=O) groups excluding carboxylic acids is 1. The van der Waals surface area contributed by atoms with E-state index in [1.165, 1.54) is 19.3 Å². The second-order valence-electron chi connectivity index (χ2n) is 8.54. The Kier molecular flexibility index (Phi) is 9.18. The molecule has 1 fully saturated rings. The second kappa shape index (κ2) is 11.9. The Hall–Kier alpha value is -2.09. The summed E-state index contributed by atoms with van der Waals surface area (Å²) in [4.78, 5) is 12.9. The summed E-state index contributed by atoms with van der Waals surface area (Å²) >= 11 is 6.26. The molecule has 3 rings (SSSR count). The van der Waals surface area contributed by atoms with E-state index in [4.69, 9.17) is 16.3 Å². The highest BCUT2D eigenvalue weighted by molar-refractivity contribution is 7.92. The normalized spacial score (nSPS) is 14.8. The summed E-state index contributed by atoms with van der Waals surface area (Å²) in [5, 5.41) is 3.27. The number of hydrogen-bond acceptors (Lipinski definition) is 4. The van der Waals surface area contributed by atoms with Crippen molar-refractivity contribution in [1.82, 2.24) is 5.32 Å². The molecule has 1 N–H and O–H groups in total. The molecule has 0 bridgehead atoms. The molecule has 0 aliphatic heterocycles. The number of nitrogens with one attached hydrogen (secondary N) is 1. The molecule has 2 aromatic carbocycles. The summed E-state index contributed by atoms with van der Waals surface area (Å²) in [6.07, 6.45) is 6.95. The first kappa shape index (κ1) is 25.5. The van der Waals surface area contributed by atoms with Crippen LogP contribution in [0.25, 0.3) is 0 Å². The van der Waals surface area contributed by atoms with Gasteiger partial charge in [-0.05, 0) is 62.9 Å². The maximum absolute atomic E-state index is 13.5. The Morgan fingerprint density at radius 1 is 1.09 bits per heavy atom. The number of rotatable bonds is 10. The Morgan fingerprint density at radius 3 is 2.48 bits per heavy atom. The molecule has 0 atom stereocenters. The minimum absolute atomic E-state index is 0.126. The van der Waals surface area contributed by atoms with Crippen LogP contribution in [0.5, 0.6) is 0 Å². The van der Waals surface area contributed by atoms with Crippen molar-refractivity contribution in [3.63, 3.8) is 0 Å². The molecule has 0 spiro atoms. The Labute approximate surface area is 202 Å². The van der Waals surface area contributed by atoms with Crippen molar-refractivity contribution in [1.29, 1.82) is 0 Å². The number of ether oxygens (including phenoxy) is 1.